The third-order valence-corrected chi connectivity index (χ3v) is 14.2. The summed E-state index contributed by atoms with van der Waals surface area (Å²) in [7, 11) is -7.87. The Bertz CT molecular complexity index is 1810. The molecule has 8 heteroatoms. The fourth-order valence-corrected chi connectivity index (χ4v) is 11.6. The molecule has 5 nitrogen and oxygen atoms in total. The number of allylic oxidation sites excluding steroid dienone is 4. The number of rotatable bonds is 8. The topological polar surface area (TPSA) is 85.3 Å². The van der Waals surface area contributed by atoms with E-state index in [0.717, 1.165) is 16.7 Å². The molecule has 0 heterocycles. The monoisotopic (exact) mass is 648 g/mol. The van der Waals surface area contributed by atoms with Gasteiger partial charge < -0.3 is 0 Å². The molecule has 0 N–H and O–H groups in total. The van der Waals surface area contributed by atoms with Crippen LogP contribution in [0.15, 0.2) is 120 Å². The van der Waals surface area contributed by atoms with Gasteiger partial charge in [-0.2, -0.15) is 0 Å². The number of fused-ring (bicyclic) bond motifs is 1. The van der Waals surface area contributed by atoms with Gasteiger partial charge >= 0.3 is 0 Å². The molecular weight excluding hydrogens is 612 g/mol. The van der Waals surface area contributed by atoms with E-state index in [-0.39, 0.29) is 34.8 Å². The summed E-state index contributed by atoms with van der Waals surface area (Å²) < 4.78 is 57.7. The van der Waals surface area contributed by atoms with Crippen molar-refractivity contribution >= 4 is 37.1 Å². The van der Waals surface area contributed by atoms with Crippen LogP contribution in [0, 0.1) is 31.6 Å². The number of Topliss-reactive ketones (excluding diaryl/α,β-unsaturated/α-hetero) is 1. The molecule has 5 rings (SSSR count). The molecule has 4 unspecified atom stereocenters. The van der Waals surface area contributed by atoms with Crippen LogP contribution in [-0.2, 0) is 24.5 Å². The van der Waals surface area contributed by atoms with Crippen molar-refractivity contribution in [2.45, 2.75) is 59.3 Å². The lowest BCUT2D eigenvalue weighted by Crippen LogP contribution is -2.54. The van der Waals surface area contributed by atoms with Crippen LogP contribution < -0.4 is 0 Å². The Morgan fingerprint density at radius 3 is 1.89 bits per heavy atom. The van der Waals surface area contributed by atoms with Gasteiger partial charge in [-0.3, -0.25) is 4.79 Å². The minimum absolute atomic E-state index is 0.0223. The molecule has 0 aliphatic heterocycles. The summed E-state index contributed by atoms with van der Waals surface area (Å²) in [5.74, 6) is -2.64. The van der Waals surface area contributed by atoms with Gasteiger partial charge in [0.05, 0.1) is 20.3 Å². The molecule has 3 aromatic carbocycles. The summed E-state index contributed by atoms with van der Waals surface area (Å²) in [5.41, 5.74) is 3.40. The first-order valence-electron chi connectivity index (χ1n) is 14.7. The number of carbonyl (C=O) groups is 1. The number of ketones is 1. The number of halogens is 1. The van der Waals surface area contributed by atoms with Crippen LogP contribution >= 0.6 is 11.6 Å². The van der Waals surface area contributed by atoms with Crippen molar-refractivity contribution in [3.8, 4) is 0 Å². The first kappa shape index (κ1) is 32.1. The first-order chi connectivity index (χ1) is 20.9. The lowest BCUT2D eigenvalue weighted by molar-refractivity contribution is -0.129. The quantitative estimate of drug-likeness (QED) is 0.234. The van der Waals surface area contributed by atoms with Crippen molar-refractivity contribution in [3.05, 3.63) is 131 Å². The van der Waals surface area contributed by atoms with Crippen LogP contribution in [0.1, 0.15) is 41.9 Å². The van der Waals surface area contributed by atoms with Gasteiger partial charge in [-0.05, 0) is 80.1 Å². The Labute approximate surface area is 266 Å². The molecule has 2 saturated carbocycles. The number of carbonyl (C=O) groups excluding carboxylic acids is 1. The first-order valence-corrected chi connectivity index (χ1v) is 18.2. The molecule has 0 saturated heterocycles. The van der Waals surface area contributed by atoms with Crippen molar-refractivity contribution in [2.24, 2.45) is 17.8 Å². The number of hydrogen-bond acceptors (Lipinski definition) is 5. The summed E-state index contributed by atoms with van der Waals surface area (Å²) >= 11 is 6.07. The molecule has 0 spiro atoms. The van der Waals surface area contributed by atoms with Crippen LogP contribution in [0.5, 0.6) is 0 Å². The second-order valence-corrected chi connectivity index (χ2v) is 16.7. The highest BCUT2D eigenvalue weighted by atomic mass is 35.5. The normalized spacial score (nSPS) is 26.1. The summed E-state index contributed by atoms with van der Waals surface area (Å²) in [4.78, 5) is 14.3. The van der Waals surface area contributed by atoms with Gasteiger partial charge in [-0.1, -0.05) is 90.5 Å². The van der Waals surface area contributed by atoms with Gasteiger partial charge in [0.2, 0.25) is 0 Å². The standard InChI is InChI=1S/C36H37ClO5S2/c1-5-7-25(6-2)31-21-34(38)32-22-35(43(39,40)28-18-14-27(37)15-19-28)30(26-12-8-23(3)9-13-26)20-33(32)36(31)44(41,42)29-16-10-24(4)11-17-29/h5-19,30-33,35-36H,1-2,20-22H2,3-4H3/b25-7+/t30?,31?,32-,33+,35?,36?/m1/s1. The van der Waals surface area contributed by atoms with Gasteiger partial charge in [-0.15, -0.1) is 0 Å². The lowest BCUT2D eigenvalue weighted by Gasteiger charge is -2.49. The van der Waals surface area contributed by atoms with Crippen LogP contribution in [0.3, 0.4) is 0 Å². The molecular formula is C36H37ClO5S2. The maximum Gasteiger partial charge on any atom is 0.182 e. The van der Waals surface area contributed by atoms with Gasteiger partial charge in [0, 0.05) is 29.2 Å². The zero-order valence-electron chi connectivity index (χ0n) is 24.9. The number of hydrogen-bond donors (Lipinski definition) is 0. The molecule has 0 radical (unpaired) electrons. The number of aryl methyl sites for hydroxylation is 2. The minimum Gasteiger partial charge on any atom is -0.299 e. The van der Waals surface area contributed by atoms with Gasteiger partial charge in [-0.25, -0.2) is 16.8 Å². The van der Waals surface area contributed by atoms with Gasteiger partial charge in [0.25, 0.3) is 0 Å². The second kappa shape index (κ2) is 12.6. The Balaban J connectivity index is 1.68. The van der Waals surface area contributed by atoms with Gasteiger partial charge in [0.1, 0.15) is 5.78 Å². The lowest BCUT2D eigenvalue weighted by atomic mass is 9.61. The zero-order chi connectivity index (χ0) is 31.8. The fourth-order valence-electron chi connectivity index (χ4n) is 7.14. The molecule has 2 fully saturated rings. The maximum absolute atomic E-state index is 14.6. The molecule has 2 aliphatic carbocycles. The average molecular weight is 649 g/mol. The molecule has 0 aromatic heterocycles. The fraction of sp³-hybridized carbons (Fsp3) is 0.306. The Hall–Kier alpha value is -3.26. The largest absolute Gasteiger partial charge is 0.299 e. The molecule has 44 heavy (non-hydrogen) atoms. The minimum atomic E-state index is -3.96. The predicted molar refractivity (Wildman–Crippen MR) is 176 cm³/mol. The zero-order valence-corrected chi connectivity index (χ0v) is 27.3. The van der Waals surface area contributed by atoms with Crippen LogP contribution in [0.4, 0.5) is 0 Å². The van der Waals surface area contributed by atoms with E-state index in [1.807, 2.05) is 38.1 Å². The van der Waals surface area contributed by atoms with Crippen molar-refractivity contribution in [1.29, 1.82) is 0 Å². The van der Waals surface area contributed by atoms with Crippen molar-refractivity contribution < 1.29 is 21.6 Å². The summed E-state index contributed by atoms with van der Waals surface area (Å²) in [6.45, 7) is 11.6. The third-order valence-electron chi connectivity index (χ3n) is 9.36. The van der Waals surface area contributed by atoms with E-state index >= 15 is 0 Å². The SMILES string of the molecule is C=C/C=C(\C=C)C1CC(=O)[C@@H]2CC(S(=O)(=O)c3ccc(Cl)cc3)C(c3ccc(C)cc3)C[C@@H]2C1S(=O)(=O)c1ccc(C)cc1. The number of benzene rings is 3. The van der Waals surface area contributed by atoms with E-state index in [0.29, 0.717) is 10.6 Å². The van der Waals surface area contributed by atoms with Crippen LogP contribution in [0.25, 0.3) is 0 Å². The van der Waals surface area contributed by atoms with Crippen LogP contribution in [-0.4, -0.2) is 33.1 Å². The summed E-state index contributed by atoms with van der Waals surface area (Å²) in [6, 6.07) is 20.6. The summed E-state index contributed by atoms with van der Waals surface area (Å²) in [6.07, 6.45) is 5.14. The van der Waals surface area contributed by atoms with Crippen molar-refractivity contribution in [1.82, 2.24) is 0 Å². The Morgan fingerprint density at radius 2 is 1.32 bits per heavy atom. The molecule has 3 aromatic rings. The predicted octanol–water partition coefficient (Wildman–Crippen LogP) is 7.64. The van der Waals surface area contributed by atoms with Crippen molar-refractivity contribution in [3.63, 3.8) is 0 Å². The smallest absolute Gasteiger partial charge is 0.182 e. The maximum atomic E-state index is 14.6. The molecule has 0 amide bonds. The Morgan fingerprint density at radius 1 is 0.773 bits per heavy atom. The molecule has 2 aliphatic rings. The second-order valence-electron chi connectivity index (χ2n) is 12.0. The summed E-state index contributed by atoms with van der Waals surface area (Å²) in [5, 5.41) is -1.45. The number of sulfone groups is 2. The van der Waals surface area contributed by atoms with E-state index in [9.17, 15) is 21.6 Å². The van der Waals surface area contributed by atoms with E-state index in [1.54, 1.807) is 54.6 Å². The average Bonchev–Trinajstić information content (AvgIpc) is 3.00. The van der Waals surface area contributed by atoms with Crippen LogP contribution in [0.2, 0.25) is 5.02 Å². The van der Waals surface area contributed by atoms with E-state index in [4.69, 9.17) is 11.6 Å². The van der Waals surface area contributed by atoms with Crippen molar-refractivity contribution in [2.75, 3.05) is 0 Å². The molecule has 0 bridgehead atoms. The highest BCUT2D eigenvalue weighted by Gasteiger charge is 2.56. The molecule has 6 atom stereocenters. The van der Waals surface area contributed by atoms with Gasteiger partial charge in [0.15, 0.2) is 19.7 Å². The highest BCUT2D eigenvalue weighted by molar-refractivity contribution is 7.92. The van der Waals surface area contributed by atoms with E-state index < -0.39 is 53.8 Å². The Kier molecular flexibility index (Phi) is 9.22. The highest BCUT2D eigenvalue weighted by Crippen LogP contribution is 2.53. The van der Waals surface area contributed by atoms with E-state index in [1.165, 1.54) is 12.1 Å². The van der Waals surface area contributed by atoms with E-state index in [2.05, 4.69) is 13.2 Å². The third kappa shape index (κ3) is 6.02. The molecule has 230 valence electrons.